The van der Waals surface area contributed by atoms with Crippen molar-refractivity contribution in [1.29, 1.82) is 0 Å². The molecule has 88 valence electrons. The van der Waals surface area contributed by atoms with Crippen molar-refractivity contribution in [1.82, 2.24) is 15.6 Å². The standard InChI is InChI=1S/C12H19N3O/c1-3-6-14-12(16)9-15-10(2)11-4-7-13-8-5-11/h4-5,7-8,10,15H,3,6,9H2,1-2H3,(H,14,16)/t10-/m0/s1. The lowest BCUT2D eigenvalue weighted by Crippen LogP contribution is -2.35. The zero-order valence-corrected chi connectivity index (χ0v) is 9.86. The van der Waals surface area contributed by atoms with Gasteiger partial charge in [-0.05, 0) is 31.0 Å². The van der Waals surface area contributed by atoms with E-state index in [-0.39, 0.29) is 11.9 Å². The molecule has 16 heavy (non-hydrogen) atoms. The van der Waals surface area contributed by atoms with Gasteiger partial charge in [-0.1, -0.05) is 6.92 Å². The van der Waals surface area contributed by atoms with Gasteiger partial charge in [0.15, 0.2) is 0 Å². The fraction of sp³-hybridized carbons (Fsp3) is 0.500. The summed E-state index contributed by atoms with van der Waals surface area (Å²) in [4.78, 5) is 15.3. The van der Waals surface area contributed by atoms with E-state index in [1.54, 1.807) is 12.4 Å². The van der Waals surface area contributed by atoms with Crippen LogP contribution in [0.25, 0.3) is 0 Å². The van der Waals surface area contributed by atoms with Crippen LogP contribution >= 0.6 is 0 Å². The van der Waals surface area contributed by atoms with E-state index in [0.29, 0.717) is 6.54 Å². The Labute approximate surface area is 96.5 Å². The van der Waals surface area contributed by atoms with Crippen molar-refractivity contribution >= 4 is 5.91 Å². The predicted octanol–water partition coefficient (Wildman–Crippen LogP) is 1.26. The molecule has 0 fully saturated rings. The van der Waals surface area contributed by atoms with Crippen molar-refractivity contribution in [3.8, 4) is 0 Å². The van der Waals surface area contributed by atoms with Gasteiger partial charge in [0.1, 0.15) is 0 Å². The van der Waals surface area contributed by atoms with E-state index >= 15 is 0 Å². The molecule has 1 rings (SSSR count). The number of nitrogens with zero attached hydrogens (tertiary/aromatic N) is 1. The second kappa shape index (κ2) is 6.95. The number of hydrogen-bond donors (Lipinski definition) is 2. The molecule has 4 heteroatoms. The molecule has 1 aromatic heterocycles. The molecule has 0 aliphatic carbocycles. The molecule has 0 radical (unpaired) electrons. The van der Waals surface area contributed by atoms with Crippen molar-refractivity contribution < 1.29 is 4.79 Å². The van der Waals surface area contributed by atoms with Crippen LogP contribution in [0.1, 0.15) is 31.9 Å². The van der Waals surface area contributed by atoms with Gasteiger partial charge in [0.05, 0.1) is 6.54 Å². The van der Waals surface area contributed by atoms with Gasteiger partial charge in [-0.3, -0.25) is 9.78 Å². The number of carbonyl (C=O) groups is 1. The third-order valence-electron chi connectivity index (χ3n) is 2.35. The van der Waals surface area contributed by atoms with Crippen molar-refractivity contribution in [2.75, 3.05) is 13.1 Å². The first-order chi connectivity index (χ1) is 7.74. The zero-order valence-electron chi connectivity index (χ0n) is 9.86. The van der Waals surface area contributed by atoms with Crippen LogP contribution in [0.15, 0.2) is 24.5 Å². The zero-order chi connectivity index (χ0) is 11.8. The summed E-state index contributed by atoms with van der Waals surface area (Å²) in [6.07, 6.45) is 4.47. The molecule has 0 saturated carbocycles. The Bertz CT molecular complexity index is 313. The first-order valence-electron chi connectivity index (χ1n) is 5.64. The third kappa shape index (κ3) is 4.40. The molecule has 2 N–H and O–H groups in total. The summed E-state index contributed by atoms with van der Waals surface area (Å²) >= 11 is 0. The quantitative estimate of drug-likeness (QED) is 0.760. The van der Waals surface area contributed by atoms with Crippen LogP contribution in [0, 0.1) is 0 Å². The minimum Gasteiger partial charge on any atom is -0.355 e. The van der Waals surface area contributed by atoms with Crippen molar-refractivity contribution in [3.05, 3.63) is 30.1 Å². The van der Waals surface area contributed by atoms with Crippen molar-refractivity contribution in [3.63, 3.8) is 0 Å². The summed E-state index contributed by atoms with van der Waals surface area (Å²) in [6, 6.07) is 4.05. The largest absolute Gasteiger partial charge is 0.355 e. The van der Waals surface area contributed by atoms with Crippen LogP contribution in [-0.2, 0) is 4.79 Å². The van der Waals surface area contributed by atoms with E-state index in [9.17, 15) is 4.79 Å². The SMILES string of the molecule is CCCNC(=O)CN[C@@H](C)c1ccncc1. The normalized spacial score (nSPS) is 12.1. The van der Waals surface area contributed by atoms with Crippen LogP contribution in [-0.4, -0.2) is 24.0 Å². The summed E-state index contributed by atoms with van der Waals surface area (Å²) in [5, 5.41) is 5.99. The molecule has 1 atom stereocenters. The van der Waals surface area contributed by atoms with Crippen molar-refractivity contribution in [2.45, 2.75) is 26.3 Å². The van der Waals surface area contributed by atoms with E-state index < -0.39 is 0 Å². The fourth-order valence-electron chi connectivity index (χ4n) is 1.34. The highest BCUT2D eigenvalue weighted by molar-refractivity contribution is 5.77. The van der Waals surface area contributed by atoms with Gasteiger partial charge in [0.2, 0.25) is 5.91 Å². The summed E-state index contributed by atoms with van der Waals surface area (Å²) in [5.41, 5.74) is 1.14. The third-order valence-corrected chi connectivity index (χ3v) is 2.35. The molecular formula is C12H19N3O. The number of carbonyl (C=O) groups excluding carboxylic acids is 1. The molecule has 0 aliphatic rings. The summed E-state index contributed by atoms with van der Waals surface area (Å²) in [6.45, 7) is 5.16. The second-order valence-electron chi connectivity index (χ2n) is 3.73. The first kappa shape index (κ1) is 12.6. The molecular weight excluding hydrogens is 202 g/mol. The maximum Gasteiger partial charge on any atom is 0.233 e. The summed E-state index contributed by atoms with van der Waals surface area (Å²) < 4.78 is 0. The van der Waals surface area contributed by atoms with Crippen LogP contribution in [0.5, 0.6) is 0 Å². The number of hydrogen-bond acceptors (Lipinski definition) is 3. The fourth-order valence-corrected chi connectivity index (χ4v) is 1.34. The lowest BCUT2D eigenvalue weighted by Gasteiger charge is -2.13. The van der Waals surface area contributed by atoms with Crippen molar-refractivity contribution in [2.24, 2.45) is 0 Å². The van der Waals surface area contributed by atoms with E-state index in [0.717, 1.165) is 18.5 Å². The molecule has 0 bridgehead atoms. The topological polar surface area (TPSA) is 54.0 Å². The first-order valence-corrected chi connectivity index (χ1v) is 5.64. The molecule has 0 spiro atoms. The van der Waals surface area contributed by atoms with Crippen LogP contribution in [0.3, 0.4) is 0 Å². The van der Waals surface area contributed by atoms with E-state index in [2.05, 4.69) is 15.6 Å². The van der Waals surface area contributed by atoms with Crippen LogP contribution in [0.2, 0.25) is 0 Å². The molecule has 0 aromatic carbocycles. The summed E-state index contributed by atoms with van der Waals surface area (Å²) in [5.74, 6) is 0.0442. The maximum absolute atomic E-state index is 11.4. The minimum atomic E-state index is 0.0442. The highest BCUT2D eigenvalue weighted by Gasteiger charge is 2.06. The van der Waals surface area contributed by atoms with Gasteiger partial charge in [-0.15, -0.1) is 0 Å². The van der Waals surface area contributed by atoms with E-state index in [1.165, 1.54) is 0 Å². The highest BCUT2D eigenvalue weighted by atomic mass is 16.1. The highest BCUT2D eigenvalue weighted by Crippen LogP contribution is 2.09. The minimum absolute atomic E-state index is 0.0442. The van der Waals surface area contributed by atoms with Gasteiger partial charge in [-0.2, -0.15) is 0 Å². The molecule has 1 aromatic rings. The monoisotopic (exact) mass is 221 g/mol. The Balaban J connectivity index is 2.30. The maximum atomic E-state index is 11.4. The molecule has 1 heterocycles. The Morgan fingerprint density at radius 2 is 2.12 bits per heavy atom. The number of pyridine rings is 1. The molecule has 0 aliphatic heterocycles. The Hall–Kier alpha value is -1.42. The average molecular weight is 221 g/mol. The lowest BCUT2D eigenvalue weighted by atomic mass is 10.1. The smallest absolute Gasteiger partial charge is 0.233 e. The Kier molecular flexibility index (Phi) is 5.50. The number of aromatic nitrogens is 1. The van der Waals surface area contributed by atoms with Gasteiger partial charge < -0.3 is 10.6 Å². The molecule has 0 unspecified atom stereocenters. The molecule has 0 saturated heterocycles. The Morgan fingerprint density at radius 3 is 2.75 bits per heavy atom. The van der Waals surface area contributed by atoms with Gasteiger partial charge in [0, 0.05) is 25.0 Å². The van der Waals surface area contributed by atoms with Crippen LogP contribution in [0.4, 0.5) is 0 Å². The number of nitrogens with one attached hydrogen (secondary N) is 2. The van der Waals surface area contributed by atoms with E-state index in [4.69, 9.17) is 0 Å². The van der Waals surface area contributed by atoms with Gasteiger partial charge >= 0.3 is 0 Å². The lowest BCUT2D eigenvalue weighted by molar-refractivity contribution is -0.120. The van der Waals surface area contributed by atoms with Crippen LogP contribution < -0.4 is 10.6 Å². The summed E-state index contributed by atoms with van der Waals surface area (Å²) in [7, 11) is 0. The van der Waals surface area contributed by atoms with E-state index in [1.807, 2.05) is 26.0 Å². The van der Waals surface area contributed by atoms with Gasteiger partial charge in [-0.25, -0.2) is 0 Å². The predicted molar refractivity (Wildman–Crippen MR) is 64.0 cm³/mol. The number of rotatable bonds is 6. The van der Waals surface area contributed by atoms with Gasteiger partial charge in [0.25, 0.3) is 0 Å². The number of amides is 1. The molecule has 1 amide bonds. The Morgan fingerprint density at radius 1 is 1.44 bits per heavy atom. The molecule has 4 nitrogen and oxygen atoms in total. The average Bonchev–Trinajstić information content (AvgIpc) is 2.34. The second-order valence-corrected chi connectivity index (χ2v) is 3.73.